The van der Waals surface area contributed by atoms with E-state index in [4.69, 9.17) is 14.2 Å². The van der Waals surface area contributed by atoms with Crippen LogP contribution in [-0.2, 0) is 28.6 Å². The number of rotatable bonds is 57. The number of ether oxygens (including phenoxy) is 3. The Labute approximate surface area is 487 Å². The fourth-order valence-corrected chi connectivity index (χ4v) is 8.50. The first-order chi connectivity index (χ1) is 39.0. The fraction of sp³-hybridized carbons (Fsp3) is 0.630. The second kappa shape index (κ2) is 65.8. The molecule has 0 fully saturated rings. The molecular weight excluding hydrogens is 973 g/mol. The first kappa shape index (κ1) is 74.3. The van der Waals surface area contributed by atoms with Gasteiger partial charge in [-0.1, -0.05) is 276 Å². The largest absolute Gasteiger partial charge is 0.462 e. The van der Waals surface area contributed by atoms with E-state index >= 15 is 0 Å². The molecule has 0 saturated carbocycles. The van der Waals surface area contributed by atoms with Crippen molar-refractivity contribution in [3.63, 3.8) is 0 Å². The van der Waals surface area contributed by atoms with Gasteiger partial charge in [-0.25, -0.2) is 0 Å². The number of carbonyl (C=O) groups excluding carboxylic acids is 3. The predicted molar refractivity (Wildman–Crippen MR) is 343 cm³/mol. The van der Waals surface area contributed by atoms with Crippen molar-refractivity contribution in [1.29, 1.82) is 0 Å². The van der Waals surface area contributed by atoms with Crippen molar-refractivity contribution in [2.24, 2.45) is 0 Å². The van der Waals surface area contributed by atoms with Crippen molar-refractivity contribution in [2.75, 3.05) is 13.2 Å². The molecule has 0 heterocycles. The van der Waals surface area contributed by atoms with Gasteiger partial charge in [-0.2, -0.15) is 0 Å². The van der Waals surface area contributed by atoms with Gasteiger partial charge in [-0.3, -0.25) is 14.4 Å². The van der Waals surface area contributed by atoms with E-state index in [1.54, 1.807) is 0 Å². The van der Waals surface area contributed by atoms with Gasteiger partial charge in [-0.15, -0.1) is 0 Å². The van der Waals surface area contributed by atoms with E-state index in [1.165, 1.54) is 89.9 Å². The fourth-order valence-electron chi connectivity index (χ4n) is 8.50. The Morgan fingerprint density at radius 2 is 0.494 bits per heavy atom. The summed E-state index contributed by atoms with van der Waals surface area (Å²) in [6.07, 6.45) is 94.7. The molecule has 79 heavy (non-hydrogen) atoms. The molecule has 0 aliphatic rings. The number of esters is 3. The molecule has 0 N–H and O–H groups in total. The maximum absolute atomic E-state index is 12.8. The third-order valence-corrected chi connectivity index (χ3v) is 13.3. The molecule has 0 aromatic rings. The monoisotopic (exact) mass is 1090 g/mol. The topological polar surface area (TPSA) is 78.9 Å². The van der Waals surface area contributed by atoms with Crippen LogP contribution in [0, 0.1) is 0 Å². The summed E-state index contributed by atoms with van der Waals surface area (Å²) >= 11 is 0. The van der Waals surface area contributed by atoms with Crippen LogP contribution in [0.15, 0.2) is 146 Å². The summed E-state index contributed by atoms with van der Waals surface area (Å²) in [6, 6.07) is 0. The van der Waals surface area contributed by atoms with Gasteiger partial charge in [0.25, 0.3) is 0 Å². The van der Waals surface area contributed by atoms with Crippen LogP contribution in [0.5, 0.6) is 0 Å². The lowest BCUT2D eigenvalue weighted by atomic mass is 10.0. The number of unbranched alkanes of at least 4 members (excludes halogenated alkanes) is 22. The minimum Gasteiger partial charge on any atom is -0.462 e. The van der Waals surface area contributed by atoms with Gasteiger partial charge in [0.1, 0.15) is 13.2 Å². The van der Waals surface area contributed by atoms with Crippen LogP contribution in [-0.4, -0.2) is 37.2 Å². The molecule has 0 radical (unpaired) electrons. The zero-order chi connectivity index (χ0) is 57.1. The molecule has 0 aliphatic heterocycles. The SMILES string of the molecule is CC/C=C\C/C=C\C/C=C\C/C=C\C/C=C\C/C=C\C/C=C\C/C=C\C/C=C\CCCCCC(=O)OCC(COC(=O)CCCCCCC)OC(=O)CCCCCCCCCCCC/C=C\C/C=C\C/C=C\CCCCCCC. The summed E-state index contributed by atoms with van der Waals surface area (Å²) in [5, 5.41) is 0. The third kappa shape index (κ3) is 64.0. The summed E-state index contributed by atoms with van der Waals surface area (Å²) in [5.41, 5.74) is 0. The van der Waals surface area contributed by atoms with E-state index in [0.717, 1.165) is 148 Å². The normalized spacial score (nSPS) is 13.1. The van der Waals surface area contributed by atoms with Crippen LogP contribution in [0.1, 0.15) is 278 Å². The molecule has 1 atom stereocenters. The first-order valence-electron chi connectivity index (χ1n) is 32.3. The summed E-state index contributed by atoms with van der Waals surface area (Å²) < 4.78 is 16.7. The van der Waals surface area contributed by atoms with E-state index in [2.05, 4.69) is 167 Å². The second-order valence-electron chi connectivity index (χ2n) is 20.9. The average molecular weight is 1090 g/mol. The molecule has 0 saturated heterocycles. The zero-order valence-corrected chi connectivity index (χ0v) is 51.1. The van der Waals surface area contributed by atoms with Crippen LogP contribution < -0.4 is 0 Å². The molecule has 0 amide bonds. The number of hydrogen-bond acceptors (Lipinski definition) is 6. The molecule has 6 heteroatoms. The molecule has 0 spiro atoms. The number of carbonyl (C=O) groups is 3. The highest BCUT2D eigenvalue weighted by molar-refractivity contribution is 5.71. The summed E-state index contributed by atoms with van der Waals surface area (Å²) in [5.74, 6) is -0.949. The number of allylic oxidation sites excluding steroid dienone is 24. The first-order valence-corrected chi connectivity index (χ1v) is 32.3. The Morgan fingerprint density at radius 3 is 0.785 bits per heavy atom. The van der Waals surface area contributed by atoms with Crippen molar-refractivity contribution in [2.45, 2.75) is 284 Å². The van der Waals surface area contributed by atoms with Gasteiger partial charge in [0.05, 0.1) is 0 Å². The van der Waals surface area contributed by atoms with Crippen molar-refractivity contribution in [3.8, 4) is 0 Å². The van der Waals surface area contributed by atoms with Gasteiger partial charge in [0.2, 0.25) is 0 Å². The van der Waals surface area contributed by atoms with Gasteiger partial charge < -0.3 is 14.2 Å². The Morgan fingerprint density at radius 1 is 0.266 bits per heavy atom. The van der Waals surface area contributed by atoms with Gasteiger partial charge in [0.15, 0.2) is 6.10 Å². The van der Waals surface area contributed by atoms with Crippen molar-refractivity contribution in [3.05, 3.63) is 146 Å². The van der Waals surface area contributed by atoms with Crippen LogP contribution in [0.4, 0.5) is 0 Å². The molecule has 0 aromatic carbocycles. The molecular formula is C73H118O6. The molecule has 1 unspecified atom stereocenters. The quantitative estimate of drug-likeness (QED) is 0.0261. The molecule has 0 rings (SSSR count). The van der Waals surface area contributed by atoms with Crippen LogP contribution >= 0.6 is 0 Å². The van der Waals surface area contributed by atoms with Crippen LogP contribution in [0.3, 0.4) is 0 Å². The smallest absolute Gasteiger partial charge is 0.306 e. The summed E-state index contributed by atoms with van der Waals surface area (Å²) in [6.45, 7) is 6.40. The van der Waals surface area contributed by atoms with Gasteiger partial charge in [0, 0.05) is 19.3 Å². The second-order valence-corrected chi connectivity index (χ2v) is 20.9. The lowest BCUT2D eigenvalue weighted by Gasteiger charge is -2.18. The van der Waals surface area contributed by atoms with E-state index in [1.807, 2.05) is 0 Å². The number of hydrogen-bond donors (Lipinski definition) is 0. The minimum absolute atomic E-state index is 0.0952. The molecule has 0 aliphatic carbocycles. The Kier molecular flexibility index (Phi) is 61.9. The highest BCUT2D eigenvalue weighted by Gasteiger charge is 2.19. The van der Waals surface area contributed by atoms with Gasteiger partial charge in [-0.05, 0) is 128 Å². The van der Waals surface area contributed by atoms with Crippen LogP contribution in [0.2, 0.25) is 0 Å². The van der Waals surface area contributed by atoms with Crippen LogP contribution in [0.25, 0.3) is 0 Å². The van der Waals surface area contributed by atoms with E-state index in [-0.39, 0.29) is 31.1 Å². The molecule has 0 bridgehead atoms. The Hall–Kier alpha value is -4.71. The van der Waals surface area contributed by atoms with Crippen molar-refractivity contribution < 1.29 is 28.6 Å². The lowest BCUT2D eigenvalue weighted by molar-refractivity contribution is -0.167. The highest BCUT2D eigenvalue weighted by Crippen LogP contribution is 2.15. The van der Waals surface area contributed by atoms with Crippen molar-refractivity contribution >= 4 is 17.9 Å². The molecule has 6 nitrogen and oxygen atoms in total. The Balaban J connectivity index is 4.17. The lowest BCUT2D eigenvalue weighted by Crippen LogP contribution is -2.30. The zero-order valence-electron chi connectivity index (χ0n) is 51.1. The predicted octanol–water partition coefficient (Wildman–Crippen LogP) is 22.3. The standard InChI is InChI=1S/C73H118O6/c1-4-7-10-13-15-17-19-21-23-25-27-29-31-33-34-35-36-37-38-40-41-43-45-47-49-51-53-55-57-60-63-66-72(75)78-69-70(68-77-71(74)65-62-59-12-9-6-3)79-73(76)67-64-61-58-56-54-52-50-48-46-44-42-39-32-30-28-26-24-22-20-18-16-14-11-8-5-2/h7,10,15,17,20-23,26-29,32-34,36-37,39-41,45,47,51,53,70H,4-6,8-9,11-14,16,18-19,24-25,30-31,35,38,42-44,46,48-50,52,54-69H2,1-3H3/b10-7-,17-15-,22-20-,23-21-,28-26-,29-27-,34-33-,37-36-,39-32-,41-40-,47-45-,53-51-. The minimum atomic E-state index is -0.797. The summed E-state index contributed by atoms with van der Waals surface area (Å²) in [7, 11) is 0. The van der Waals surface area contributed by atoms with E-state index in [9.17, 15) is 14.4 Å². The van der Waals surface area contributed by atoms with Gasteiger partial charge >= 0.3 is 17.9 Å². The maximum Gasteiger partial charge on any atom is 0.306 e. The highest BCUT2D eigenvalue weighted by atomic mass is 16.6. The Bertz CT molecular complexity index is 1730. The maximum atomic E-state index is 12.8. The van der Waals surface area contributed by atoms with E-state index in [0.29, 0.717) is 19.3 Å². The average Bonchev–Trinajstić information content (AvgIpc) is 3.45. The molecule has 446 valence electrons. The third-order valence-electron chi connectivity index (χ3n) is 13.3. The van der Waals surface area contributed by atoms with E-state index < -0.39 is 6.10 Å². The summed E-state index contributed by atoms with van der Waals surface area (Å²) in [4.78, 5) is 37.9. The van der Waals surface area contributed by atoms with Crippen molar-refractivity contribution in [1.82, 2.24) is 0 Å². The molecule has 0 aromatic heterocycles.